The quantitative estimate of drug-likeness (QED) is 0.940. The summed E-state index contributed by atoms with van der Waals surface area (Å²) in [6.07, 6.45) is 8.43. The highest BCUT2D eigenvalue weighted by molar-refractivity contribution is 7.14. The Morgan fingerprint density at radius 2 is 2.35 bits per heavy atom. The molecule has 0 saturated heterocycles. The highest BCUT2D eigenvalue weighted by atomic mass is 32.1. The minimum Gasteiger partial charge on any atom is -0.347 e. The number of aromatic nitrogens is 2. The lowest BCUT2D eigenvalue weighted by atomic mass is 9.99. The Bertz CT molecular complexity index is 565. The number of rotatable bonds is 4. The third-order valence-corrected chi connectivity index (χ3v) is 4.85. The van der Waals surface area contributed by atoms with Crippen molar-refractivity contribution in [2.45, 2.75) is 45.2 Å². The van der Waals surface area contributed by atoms with Gasteiger partial charge in [-0.05, 0) is 50.3 Å². The van der Waals surface area contributed by atoms with E-state index < -0.39 is 0 Å². The van der Waals surface area contributed by atoms with Crippen molar-refractivity contribution < 1.29 is 4.79 Å². The molecule has 3 rings (SSSR count). The Morgan fingerprint density at radius 3 is 3.10 bits per heavy atom. The maximum Gasteiger partial charge on any atom is 0.261 e. The number of carbonyl (C=O) groups is 1. The van der Waals surface area contributed by atoms with Crippen LogP contribution in [0.3, 0.4) is 0 Å². The van der Waals surface area contributed by atoms with Crippen LogP contribution in [0.15, 0.2) is 24.5 Å². The monoisotopic (exact) mass is 289 g/mol. The van der Waals surface area contributed by atoms with Gasteiger partial charge in [0, 0.05) is 23.3 Å². The molecule has 0 fully saturated rings. The average Bonchev–Trinajstić information content (AvgIpc) is 3.06. The summed E-state index contributed by atoms with van der Waals surface area (Å²) in [5.74, 6) is 0.0454. The van der Waals surface area contributed by atoms with Crippen LogP contribution >= 0.6 is 11.3 Å². The van der Waals surface area contributed by atoms with Gasteiger partial charge in [0.05, 0.1) is 11.4 Å². The van der Waals surface area contributed by atoms with Crippen molar-refractivity contribution in [1.29, 1.82) is 0 Å². The number of hydrogen-bond donors (Lipinski definition) is 1. The summed E-state index contributed by atoms with van der Waals surface area (Å²) in [6, 6.07) is 4.04. The van der Waals surface area contributed by atoms with Crippen molar-refractivity contribution in [2.24, 2.45) is 0 Å². The van der Waals surface area contributed by atoms with E-state index in [0.29, 0.717) is 6.54 Å². The van der Waals surface area contributed by atoms with Crippen LogP contribution in [0.5, 0.6) is 0 Å². The number of hydrogen-bond acceptors (Lipinski definition) is 3. The standard InChI is InChI=1S/C15H19N3OS/c1-11(10-18-8-4-7-16-18)17-15(19)14-9-12-5-2-3-6-13(12)20-14/h4,7-9,11H,2-3,5-6,10H2,1H3,(H,17,19)/t11-/m0/s1. The number of nitrogens with zero attached hydrogens (tertiary/aromatic N) is 2. The molecule has 0 unspecified atom stereocenters. The van der Waals surface area contributed by atoms with Gasteiger partial charge in [0.1, 0.15) is 0 Å². The van der Waals surface area contributed by atoms with Crippen LogP contribution in [-0.4, -0.2) is 21.7 Å². The number of aryl methyl sites for hydroxylation is 2. The zero-order valence-corrected chi connectivity index (χ0v) is 12.4. The molecule has 4 nitrogen and oxygen atoms in total. The molecular formula is C15H19N3OS. The van der Waals surface area contributed by atoms with Gasteiger partial charge in [0.2, 0.25) is 0 Å². The maximum atomic E-state index is 12.3. The number of nitrogens with one attached hydrogen (secondary N) is 1. The number of thiophene rings is 1. The molecule has 1 amide bonds. The first-order valence-corrected chi connectivity index (χ1v) is 7.94. The van der Waals surface area contributed by atoms with E-state index in [9.17, 15) is 4.79 Å². The van der Waals surface area contributed by atoms with Gasteiger partial charge < -0.3 is 5.32 Å². The van der Waals surface area contributed by atoms with Crippen molar-refractivity contribution in [3.63, 3.8) is 0 Å². The van der Waals surface area contributed by atoms with Gasteiger partial charge in [0.15, 0.2) is 0 Å². The second-order valence-corrected chi connectivity index (χ2v) is 6.51. The van der Waals surface area contributed by atoms with Crippen LogP contribution in [0.4, 0.5) is 0 Å². The summed E-state index contributed by atoms with van der Waals surface area (Å²) < 4.78 is 1.84. The minimum atomic E-state index is 0.0454. The summed E-state index contributed by atoms with van der Waals surface area (Å²) in [5.41, 5.74) is 1.38. The number of fused-ring (bicyclic) bond motifs is 1. The molecule has 2 aromatic rings. The van der Waals surface area contributed by atoms with Crippen molar-refractivity contribution in [2.75, 3.05) is 0 Å². The molecular weight excluding hydrogens is 270 g/mol. The Balaban J connectivity index is 1.62. The highest BCUT2D eigenvalue weighted by Gasteiger charge is 2.18. The van der Waals surface area contributed by atoms with Crippen LogP contribution in [-0.2, 0) is 19.4 Å². The third-order valence-electron chi connectivity index (χ3n) is 3.62. The Hall–Kier alpha value is -1.62. The SMILES string of the molecule is C[C@@H](Cn1cccn1)NC(=O)c1cc2c(s1)CCCC2. The zero-order chi connectivity index (χ0) is 13.9. The van der Waals surface area contributed by atoms with Crippen LogP contribution in [0.25, 0.3) is 0 Å². The largest absolute Gasteiger partial charge is 0.347 e. The summed E-state index contributed by atoms with van der Waals surface area (Å²) in [7, 11) is 0. The van der Waals surface area contributed by atoms with Crippen LogP contribution in [0.2, 0.25) is 0 Å². The zero-order valence-electron chi connectivity index (χ0n) is 11.6. The first kappa shape index (κ1) is 13.4. The third kappa shape index (κ3) is 2.93. The predicted molar refractivity (Wildman–Crippen MR) is 80.1 cm³/mol. The van der Waals surface area contributed by atoms with Crippen LogP contribution < -0.4 is 5.32 Å². The molecule has 0 radical (unpaired) electrons. The molecule has 0 bridgehead atoms. The van der Waals surface area contributed by atoms with Gasteiger partial charge >= 0.3 is 0 Å². The molecule has 20 heavy (non-hydrogen) atoms. The molecule has 1 atom stereocenters. The Labute approximate surface area is 122 Å². The van der Waals surface area contributed by atoms with Crippen molar-refractivity contribution in [3.8, 4) is 0 Å². The summed E-state index contributed by atoms with van der Waals surface area (Å²) >= 11 is 1.66. The van der Waals surface area contributed by atoms with E-state index in [4.69, 9.17) is 0 Å². The normalized spacial score (nSPS) is 15.7. The summed E-state index contributed by atoms with van der Waals surface area (Å²) in [4.78, 5) is 14.5. The van der Waals surface area contributed by atoms with Gasteiger partial charge in [-0.15, -0.1) is 11.3 Å². The molecule has 0 spiro atoms. The molecule has 1 N–H and O–H groups in total. The van der Waals surface area contributed by atoms with E-state index >= 15 is 0 Å². The first-order chi connectivity index (χ1) is 9.72. The molecule has 1 aliphatic rings. The molecule has 0 saturated carbocycles. The van der Waals surface area contributed by atoms with E-state index in [2.05, 4.69) is 16.5 Å². The molecule has 0 aliphatic heterocycles. The lowest BCUT2D eigenvalue weighted by Gasteiger charge is -2.13. The van der Waals surface area contributed by atoms with Crippen molar-refractivity contribution >= 4 is 17.2 Å². The Kier molecular flexibility index (Phi) is 3.87. The fourth-order valence-electron chi connectivity index (χ4n) is 2.63. The molecule has 2 heterocycles. The molecule has 5 heteroatoms. The van der Waals surface area contributed by atoms with Gasteiger partial charge in [-0.1, -0.05) is 0 Å². The number of amides is 1. The van der Waals surface area contributed by atoms with Crippen LogP contribution in [0.1, 0.15) is 39.9 Å². The van der Waals surface area contributed by atoms with Crippen molar-refractivity contribution in [1.82, 2.24) is 15.1 Å². The lowest BCUT2D eigenvalue weighted by Crippen LogP contribution is -2.35. The van der Waals surface area contributed by atoms with Crippen LogP contribution in [0, 0.1) is 0 Å². The molecule has 106 valence electrons. The van der Waals surface area contributed by atoms with E-state index in [0.717, 1.165) is 17.7 Å². The highest BCUT2D eigenvalue weighted by Crippen LogP contribution is 2.29. The van der Waals surface area contributed by atoms with Crippen molar-refractivity contribution in [3.05, 3.63) is 39.8 Å². The maximum absolute atomic E-state index is 12.3. The first-order valence-electron chi connectivity index (χ1n) is 7.12. The fourth-order valence-corrected chi connectivity index (χ4v) is 3.79. The van der Waals surface area contributed by atoms with E-state index in [1.807, 2.05) is 23.9 Å². The smallest absolute Gasteiger partial charge is 0.261 e. The Morgan fingerprint density at radius 1 is 1.50 bits per heavy atom. The summed E-state index contributed by atoms with van der Waals surface area (Å²) in [6.45, 7) is 2.71. The second-order valence-electron chi connectivity index (χ2n) is 5.37. The lowest BCUT2D eigenvalue weighted by molar-refractivity contribution is 0.0940. The number of carbonyl (C=O) groups excluding carboxylic acids is 1. The van der Waals surface area contributed by atoms with E-state index in [1.54, 1.807) is 17.5 Å². The predicted octanol–water partition coefficient (Wildman–Crippen LogP) is 2.64. The average molecular weight is 289 g/mol. The van der Waals surface area contributed by atoms with E-state index in [-0.39, 0.29) is 11.9 Å². The molecule has 1 aliphatic carbocycles. The molecule has 0 aromatic carbocycles. The minimum absolute atomic E-state index is 0.0454. The molecule has 2 aromatic heterocycles. The van der Waals surface area contributed by atoms with Gasteiger partial charge in [0.25, 0.3) is 5.91 Å². The topological polar surface area (TPSA) is 46.9 Å². The van der Waals surface area contributed by atoms with Gasteiger partial charge in [-0.25, -0.2) is 0 Å². The second kappa shape index (κ2) is 5.79. The fraction of sp³-hybridized carbons (Fsp3) is 0.467. The van der Waals surface area contributed by atoms with E-state index in [1.165, 1.54) is 23.3 Å². The summed E-state index contributed by atoms with van der Waals surface area (Å²) in [5, 5.41) is 7.21. The van der Waals surface area contributed by atoms with Gasteiger partial charge in [-0.2, -0.15) is 5.10 Å². The van der Waals surface area contributed by atoms with Gasteiger partial charge in [-0.3, -0.25) is 9.48 Å².